The molecule has 1 aliphatic carbocycles. The number of carbonyl (C=O) groups is 3. The number of nitro benzene ring substituents is 1. The average molecular weight is 402 g/mol. The minimum Gasteiger partial charge on any atom is -0.465 e. The van der Waals surface area contributed by atoms with E-state index in [-0.39, 0.29) is 24.5 Å². The van der Waals surface area contributed by atoms with E-state index < -0.39 is 40.0 Å². The molecular formula is C20H22N2O7. The van der Waals surface area contributed by atoms with Crippen LogP contribution in [-0.4, -0.2) is 43.0 Å². The number of esters is 2. The van der Waals surface area contributed by atoms with Crippen molar-refractivity contribution in [2.45, 2.75) is 26.2 Å². The summed E-state index contributed by atoms with van der Waals surface area (Å²) < 4.78 is 10.3. The fraction of sp³-hybridized carbons (Fsp3) is 0.450. The van der Waals surface area contributed by atoms with Crippen molar-refractivity contribution >= 4 is 29.2 Å². The largest absolute Gasteiger partial charge is 0.465 e. The molecule has 0 saturated carbocycles. The van der Waals surface area contributed by atoms with Gasteiger partial charge in [-0.15, -0.1) is 0 Å². The third kappa shape index (κ3) is 2.80. The first-order chi connectivity index (χ1) is 13.7. The number of likely N-dealkylation sites (N-methyl/N-ethyl adjacent to an activating group) is 1. The van der Waals surface area contributed by atoms with Crippen LogP contribution < -0.4 is 4.90 Å². The number of hydrogen-bond donors (Lipinski definition) is 0. The zero-order chi connectivity index (χ0) is 21.5. The van der Waals surface area contributed by atoms with Gasteiger partial charge < -0.3 is 14.4 Å². The molecule has 0 saturated heterocycles. The van der Waals surface area contributed by atoms with Crippen molar-refractivity contribution < 1.29 is 28.8 Å². The number of benzene rings is 1. The first kappa shape index (κ1) is 20.5. The summed E-state index contributed by atoms with van der Waals surface area (Å²) in [5.41, 5.74) is -0.880. The Morgan fingerprint density at radius 2 is 1.90 bits per heavy atom. The maximum atomic E-state index is 13.5. The number of fused-ring (bicyclic) bond motifs is 2. The summed E-state index contributed by atoms with van der Waals surface area (Å²) in [6.07, 6.45) is 1.54. The molecule has 9 nitrogen and oxygen atoms in total. The Balaban J connectivity index is 2.27. The highest BCUT2D eigenvalue weighted by Crippen LogP contribution is 2.57. The van der Waals surface area contributed by atoms with E-state index in [0.29, 0.717) is 11.3 Å². The molecule has 0 aromatic heterocycles. The lowest BCUT2D eigenvalue weighted by Gasteiger charge is -2.33. The second kappa shape index (κ2) is 7.31. The quantitative estimate of drug-likeness (QED) is 0.421. The van der Waals surface area contributed by atoms with Crippen LogP contribution in [0.1, 0.15) is 26.3 Å². The summed E-state index contributed by atoms with van der Waals surface area (Å²) in [4.78, 5) is 51.2. The predicted molar refractivity (Wildman–Crippen MR) is 102 cm³/mol. The molecule has 0 radical (unpaired) electrons. The predicted octanol–water partition coefficient (Wildman–Crippen LogP) is 2.13. The molecule has 0 fully saturated rings. The number of anilines is 1. The summed E-state index contributed by atoms with van der Waals surface area (Å²) >= 11 is 0. The van der Waals surface area contributed by atoms with E-state index in [1.54, 1.807) is 33.9 Å². The zero-order valence-corrected chi connectivity index (χ0v) is 16.6. The fourth-order valence-electron chi connectivity index (χ4n) is 4.43. The molecule has 3 atom stereocenters. The minimum absolute atomic E-state index is 0.0407. The van der Waals surface area contributed by atoms with Gasteiger partial charge in [-0.3, -0.25) is 19.7 Å². The third-order valence-corrected chi connectivity index (χ3v) is 5.60. The summed E-state index contributed by atoms with van der Waals surface area (Å²) in [5.74, 6) is -3.71. The normalized spacial score (nSPS) is 25.0. The van der Waals surface area contributed by atoms with E-state index in [0.717, 1.165) is 0 Å². The summed E-state index contributed by atoms with van der Waals surface area (Å²) in [7, 11) is 1.54. The van der Waals surface area contributed by atoms with E-state index in [9.17, 15) is 24.5 Å². The summed E-state index contributed by atoms with van der Waals surface area (Å²) in [5, 5.41) is 11.4. The molecule has 1 heterocycles. The van der Waals surface area contributed by atoms with Crippen LogP contribution in [0.25, 0.3) is 0 Å². The highest BCUT2D eigenvalue weighted by atomic mass is 16.6. The minimum atomic E-state index is -1.51. The molecular weight excluding hydrogens is 380 g/mol. The lowest BCUT2D eigenvalue weighted by atomic mass is 9.66. The number of rotatable bonds is 5. The molecule has 1 aromatic rings. The van der Waals surface area contributed by atoms with Crippen LogP contribution in [0.4, 0.5) is 11.4 Å². The molecule has 0 bridgehead atoms. The van der Waals surface area contributed by atoms with Gasteiger partial charge in [0.05, 0.1) is 18.1 Å². The molecule has 1 aliphatic heterocycles. The lowest BCUT2D eigenvalue weighted by Crippen LogP contribution is -2.50. The first-order valence-corrected chi connectivity index (χ1v) is 9.34. The Morgan fingerprint density at radius 1 is 1.24 bits per heavy atom. The maximum Gasteiger partial charge on any atom is 0.334 e. The summed E-state index contributed by atoms with van der Waals surface area (Å²) in [6, 6.07) is 4.10. The van der Waals surface area contributed by atoms with Crippen molar-refractivity contribution in [2.75, 3.05) is 25.2 Å². The van der Waals surface area contributed by atoms with Gasteiger partial charge in [0, 0.05) is 36.0 Å². The standard InChI is InChI=1S/C20H22N2O7/c1-5-28-17(23)13-9-11(3)20(16(13)18(24)29-6-2)14-10-12(22(26)27)7-8-15(14)21(4)19(20)25/h7-11,16H,5-6H2,1-4H3/t11-,16+,20-/m1/s1. The van der Waals surface area contributed by atoms with Crippen LogP contribution in [-0.2, 0) is 29.3 Å². The zero-order valence-electron chi connectivity index (χ0n) is 16.6. The smallest absolute Gasteiger partial charge is 0.334 e. The number of nitro groups is 1. The number of amides is 1. The molecule has 1 spiro atoms. The molecule has 0 unspecified atom stereocenters. The van der Waals surface area contributed by atoms with Crippen molar-refractivity contribution in [1.82, 2.24) is 0 Å². The van der Waals surface area contributed by atoms with Gasteiger partial charge in [0.25, 0.3) is 5.69 Å². The second-order valence-electron chi connectivity index (χ2n) is 7.01. The van der Waals surface area contributed by atoms with Crippen molar-refractivity contribution in [1.29, 1.82) is 0 Å². The first-order valence-electron chi connectivity index (χ1n) is 9.34. The van der Waals surface area contributed by atoms with Gasteiger partial charge >= 0.3 is 11.9 Å². The fourth-order valence-corrected chi connectivity index (χ4v) is 4.43. The topological polar surface area (TPSA) is 116 Å². The highest BCUT2D eigenvalue weighted by Gasteiger charge is 2.65. The Bertz CT molecular complexity index is 939. The molecule has 0 N–H and O–H groups in total. The monoisotopic (exact) mass is 402 g/mol. The summed E-state index contributed by atoms with van der Waals surface area (Å²) in [6.45, 7) is 5.13. The maximum absolute atomic E-state index is 13.5. The molecule has 1 amide bonds. The van der Waals surface area contributed by atoms with Crippen LogP contribution in [0.5, 0.6) is 0 Å². The second-order valence-corrected chi connectivity index (χ2v) is 7.01. The van der Waals surface area contributed by atoms with Gasteiger partial charge in [0.15, 0.2) is 0 Å². The van der Waals surface area contributed by atoms with Crippen LogP contribution in [0.2, 0.25) is 0 Å². The van der Waals surface area contributed by atoms with Crippen molar-refractivity contribution in [3.05, 3.63) is 45.5 Å². The molecule has 3 rings (SSSR count). The van der Waals surface area contributed by atoms with E-state index >= 15 is 0 Å². The number of nitrogens with zero attached hydrogens (tertiary/aromatic N) is 2. The van der Waals surface area contributed by atoms with Crippen LogP contribution in [0, 0.1) is 22.0 Å². The highest BCUT2D eigenvalue weighted by molar-refractivity contribution is 6.14. The van der Waals surface area contributed by atoms with E-state index in [1.165, 1.54) is 23.1 Å². The van der Waals surface area contributed by atoms with Crippen LogP contribution in [0.15, 0.2) is 29.8 Å². The van der Waals surface area contributed by atoms with Crippen LogP contribution in [0.3, 0.4) is 0 Å². The molecule has 29 heavy (non-hydrogen) atoms. The number of hydrogen-bond acceptors (Lipinski definition) is 7. The van der Waals surface area contributed by atoms with E-state index in [1.807, 2.05) is 0 Å². The number of non-ortho nitro benzene ring substituents is 1. The Kier molecular flexibility index (Phi) is 5.16. The van der Waals surface area contributed by atoms with Gasteiger partial charge in [0.2, 0.25) is 5.91 Å². The third-order valence-electron chi connectivity index (χ3n) is 5.60. The molecule has 154 valence electrons. The van der Waals surface area contributed by atoms with E-state index in [2.05, 4.69) is 0 Å². The van der Waals surface area contributed by atoms with Crippen molar-refractivity contribution in [2.24, 2.45) is 11.8 Å². The number of ether oxygens (including phenoxy) is 2. The number of carbonyl (C=O) groups excluding carboxylic acids is 3. The van der Waals surface area contributed by atoms with Crippen molar-refractivity contribution in [3.63, 3.8) is 0 Å². The average Bonchev–Trinajstić information content (AvgIpc) is 3.11. The SMILES string of the molecule is CCOC(=O)C1=C[C@@H](C)[C@]2(C(=O)N(C)c3ccc([N+](=O)[O-])cc32)[C@@H]1C(=O)OCC. The van der Waals surface area contributed by atoms with Crippen LogP contribution >= 0.6 is 0 Å². The van der Waals surface area contributed by atoms with Gasteiger partial charge in [0.1, 0.15) is 11.3 Å². The van der Waals surface area contributed by atoms with Gasteiger partial charge in [-0.1, -0.05) is 13.0 Å². The molecule has 9 heteroatoms. The van der Waals surface area contributed by atoms with Gasteiger partial charge in [-0.2, -0.15) is 0 Å². The van der Waals surface area contributed by atoms with Gasteiger partial charge in [-0.25, -0.2) is 4.79 Å². The lowest BCUT2D eigenvalue weighted by molar-refractivity contribution is -0.384. The number of allylic oxidation sites excluding steroid dienone is 1. The van der Waals surface area contributed by atoms with Crippen molar-refractivity contribution in [3.8, 4) is 0 Å². The van der Waals surface area contributed by atoms with E-state index in [4.69, 9.17) is 9.47 Å². The molecule has 2 aliphatic rings. The Morgan fingerprint density at radius 3 is 2.48 bits per heavy atom. The molecule has 1 aromatic carbocycles. The Hall–Kier alpha value is -3.23. The Labute approximate surface area is 167 Å². The van der Waals surface area contributed by atoms with Gasteiger partial charge in [-0.05, 0) is 25.8 Å².